The van der Waals surface area contributed by atoms with Gasteiger partial charge < -0.3 is 14.8 Å². The Morgan fingerprint density at radius 2 is 2.17 bits per heavy atom. The van der Waals surface area contributed by atoms with Gasteiger partial charge >= 0.3 is 0 Å². The van der Waals surface area contributed by atoms with E-state index in [2.05, 4.69) is 11.4 Å². The smallest absolute Gasteiger partial charge is 0.231 e. The molecule has 5 nitrogen and oxygen atoms in total. The van der Waals surface area contributed by atoms with Gasteiger partial charge in [0.1, 0.15) is 11.1 Å². The number of rotatable bonds is 3. The number of carbonyl (C=O) groups excluding carboxylic acids is 1. The van der Waals surface area contributed by atoms with Crippen molar-refractivity contribution in [3.8, 4) is 17.6 Å². The van der Waals surface area contributed by atoms with Gasteiger partial charge in [0.15, 0.2) is 11.5 Å². The number of nitriles is 1. The van der Waals surface area contributed by atoms with Crippen LogP contribution in [0.15, 0.2) is 18.2 Å². The maximum atomic E-state index is 12.3. The van der Waals surface area contributed by atoms with Crippen LogP contribution in [0.2, 0.25) is 0 Å². The van der Waals surface area contributed by atoms with E-state index in [0.29, 0.717) is 22.1 Å². The molecule has 1 aliphatic carbocycles. The zero-order valence-electron chi connectivity index (χ0n) is 12.3. The SMILES string of the molecule is N#Cc1c(NC(=O)Cc2ccc3c(c2)OCO3)sc2c1CCC2. The molecule has 2 heterocycles. The molecule has 1 amide bonds. The van der Waals surface area contributed by atoms with Crippen LogP contribution in [0.25, 0.3) is 0 Å². The fraction of sp³-hybridized carbons (Fsp3) is 0.294. The Balaban J connectivity index is 1.50. The molecular weight excluding hydrogens is 312 g/mol. The molecule has 0 unspecified atom stereocenters. The van der Waals surface area contributed by atoms with Crippen LogP contribution in [-0.4, -0.2) is 12.7 Å². The van der Waals surface area contributed by atoms with E-state index in [1.54, 1.807) is 0 Å². The van der Waals surface area contributed by atoms with Gasteiger partial charge in [0, 0.05) is 4.88 Å². The van der Waals surface area contributed by atoms with E-state index < -0.39 is 0 Å². The van der Waals surface area contributed by atoms with Crippen LogP contribution >= 0.6 is 11.3 Å². The van der Waals surface area contributed by atoms with Crippen LogP contribution in [0.5, 0.6) is 11.5 Å². The van der Waals surface area contributed by atoms with Gasteiger partial charge in [-0.3, -0.25) is 4.79 Å². The van der Waals surface area contributed by atoms with Crippen molar-refractivity contribution in [2.45, 2.75) is 25.7 Å². The number of thiophene rings is 1. The number of hydrogen-bond acceptors (Lipinski definition) is 5. The third-order valence-corrected chi connectivity index (χ3v) is 5.29. The lowest BCUT2D eigenvalue weighted by molar-refractivity contribution is -0.115. The molecule has 1 aliphatic heterocycles. The summed E-state index contributed by atoms with van der Waals surface area (Å²) in [6, 6.07) is 7.72. The van der Waals surface area contributed by atoms with Crippen LogP contribution in [-0.2, 0) is 24.1 Å². The molecule has 1 N–H and O–H groups in total. The lowest BCUT2D eigenvalue weighted by Crippen LogP contribution is -2.14. The van der Waals surface area contributed by atoms with Crippen molar-refractivity contribution in [3.05, 3.63) is 39.8 Å². The molecule has 6 heteroatoms. The monoisotopic (exact) mass is 326 g/mol. The zero-order chi connectivity index (χ0) is 15.8. The Labute approximate surface area is 137 Å². The van der Waals surface area contributed by atoms with Crippen LogP contribution < -0.4 is 14.8 Å². The van der Waals surface area contributed by atoms with Crippen molar-refractivity contribution in [1.82, 2.24) is 0 Å². The molecule has 0 saturated heterocycles. The normalized spacial score (nSPS) is 14.4. The van der Waals surface area contributed by atoms with Gasteiger partial charge in [-0.15, -0.1) is 11.3 Å². The van der Waals surface area contributed by atoms with E-state index in [0.717, 1.165) is 30.4 Å². The largest absolute Gasteiger partial charge is 0.454 e. The van der Waals surface area contributed by atoms with Crippen molar-refractivity contribution < 1.29 is 14.3 Å². The van der Waals surface area contributed by atoms with E-state index in [9.17, 15) is 10.1 Å². The van der Waals surface area contributed by atoms with Crippen LogP contribution in [0.3, 0.4) is 0 Å². The van der Waals surface area contributed by atoms with Crippen molar-refractivity contribution in [2.24, 2.45) is 0 Å². The topological polar surface area (TPSA) is 71.4 Å². The van der Waals surface area contributed by atoms with E-state index in [1.165, 1.54) is 16.2 Å². The number of fused-ring (bicyclic) bond motifs is 2. The third kappa shape index (κ3) is 2.53. The highest BCUT2D eigenvalue weighted by atomic mass is 32.1. The zero-order valence-corrected chi connectivity index (χ0v) is 13.2. The summed E-state index contributed by atoms with van der Waals surface area (Å²) in [5.74, 6) is 1.25. The van der Waals surface area contributed by atoms with Gasteiger partial charge in [-0.2, -0.15) is 5.26 Å². The Morgan fingerprint density at radius 3 is 3.04 bits per heavy atom. The molecule has 1 aromatic heterocycles. The van der Waals surface area contributed by atoms with E-state index in [-0.39, 0.29) is 19.1 Å². The number of hydrogen-bond donors (Lipinski definition) is 1. The number of nitrogens with zero attached hydrogens (tertiary/aromatic N) is 1. The van der Waals surface area contributed by atoms with Crippen molar-refractivity contribution in [2.75, 3.05) is 12.1 Å². The summed E-state index contributed by atoms with van der Waals surface area (Å²) in [5, 5.41) is 12.9. The maximum absolute atomic E-state index is 12.3. The van der Waals surface area contributed by atoms with Gasteiger partial charge in [0.25, 0.3) is 0 Å². The van der Waals surface area contributed by atoms with Gasteiger partial charge in [-0.05, 0) is 42.5 Å². The van der Waals surface area contributed by atoms with Gasteiger partial charge in [0.05, 0.1) is 12.0 Å². The number of carbonyl (C=O) groups is 1. The molecule has 2 aliphatic rings. The van der Waals surface area contributed by atoms with E-state index >= 15 is 0 Å². The number of benzene rings is 1. The third-order valence-electron chi connectivity index (χ3n) is 4.09. The van der Waals surface area contributed by atoms with Crippen molar-refractivity contribution in [1.29, 1.82) is 5.26 Å². The molecule has 0 fully saturated rings. The molecule has 0 bridgehead atoms. The number of ether oxygens (including phenoxy) is 2. The van der Waals surface area contributed by atoms with E-state index in [4.69, 9.17) is 9.47 Å². The first-order valence-electron chi connectivity index (χ1n) is 7.47. The molecule has 4 rings (SSSR count). The second kappa shape index (κ2) is 5.60. The number of aryl methyl sites for hydroxylation is 1. The number of anilines is 1. The van der Waals surface area contributed by atoms with Gasteiger partial charge in [0.2, 0.25) is 12.7 Å². The summed E-state index contributed by atoms with van der Waals surface area (Å²) in [7, 11) is 0. The molecule has 23 heavy (non-hydrogen) atoms. The highest BCUT2D eigenvalue weighted by Crippen LogP contribution is 2.38. The highest BCUT2D eigenvalue weighted by molar-refractivity contribution is 7.16. The summed E-state index contributed by atoms with van der Waals surface area (Å²) in [5.41, 5.74) is 2.62. The number of amides is 1. The molecule has 0 atom stereocenters. The molecule has 1 aromatic carbocycles. The molecule has 116 valence electrons. The first-order chi connectivity index (χ1) is 11.2. The average molecular weight is 326 g/mol. The maximum Gasteiger partial charge on any atom is 0.231 e. The standard InChI is InChI=1S/C17H14N2O3S/c18-8-12-11-2-1-3-15(11)23-17(12)19-16(20)7-10-4-5-13-14(6-10)22-9-21-13/h4-6H,1-3,7,9H2,(H,19,20). The molecular formula is C17H14N2O3S. The Morgan fingerprint density at radius 1 is 1.30 bits per heavy atom. The predicted octanol–water partition coefficient (Wildman–Crippen LogP) is 3.02. The average Bonchev–Trinajstić information content (AvgIpc) is 3.21. The minimum atomic E-state index is -0.125. The summed E-state index contributed by atoms with van der Waals surface area (Å²) in [4.78, 5) is 13.5. The second-order valence-corrected chi connectivity index (χ2v) is 6.69. The van der Waals surface area contributed by atoms with E-state index in [1.807, 2.05) is 18.2 Å². The second-order valence-electron chi connectivity index (χ2n) is 5.59. The summed E-state index contributed by atoms with van der Waals surface area (Å²) >= 11 is 1.53. The lowest BCUT2D eigenvalue weighted by atomic mass is 10.1. The molecule has 2 aromatic rings. The van der Waals surface area contributed by atoms with Gasteiger partial charge in [-0.1, -0.05) is 6.07 Å². The Bertz CT molecular complexity index is 835. The first kappa shape index (κ1) is 14.1. The Kier molecular flexibility index (Phi) is 3.43. The first-order valence-corrected chi connectivity index (χ1v) is 8.29. The summed E-state index contributed by atoms with van der Waals surface area (Å²) in [6.07, 6.45) is 3.28. The fourth-order valence-corrected chi connectivity index (χ4v) is 4.27. The minimum Gasteiger partial charge on any atom is -0.454 e. The molecule has 0 saturated carbocycles. The van der Waals surface area contributed by atoms with Crippen molar-refractivity contribution >= 4 is 22.2 Å². The summed E-state index contributed by atoms with van der Waals surface area (Å²) in [6.45, 7) is 0.220. The lowest BCUT2D eigenvalue weighted by Gasteiger charge is -2.05. The minimum absolute atomic E-state index is 0.125. The van der Waals surface area contributed by atoms with Gasteiger partial charge in [-0.25, -0.2) is 0 Å². The Hall–Kier alpha value is -2.52. The van der Waals surface area contributed by atoms with Crippen LogP contribution in [0.1, 0.15) is 28.0 Å². The summed E-state index contributed by atoms with van der Waals surface area (Å²) < 4.78 is 10.6. The van der Waals surface area contributed by atoms with Crippen molar-refractivity contribution in [3.63, 3.8) is 0 Å². The highest BCUT2D eigenvalue weighted by Gasteiger charge is 2.23. The molecule has 0 radical (unpaired) electrons. The quantitative estimate of drug-likeness (QED) is 0.941. The predicted molar refractivity (Wildman–Crippen MR) is 86.0 cm³/mol. The fourth-order valence-electron chi connectivity index (χ4n) is 3.02. The van der Waals surface area contributed by atoms with Crippen LogP contribution in [0, 0.1) is 11.3 Å². The van der Waals surface area contributed by atoms with Crippen LogP contribution in [0.4, 0.5) is 5.00 Å². The number of nitrogens with one attached hydrogen (secondary N) is 1. The molecule has 0 spiro atoms.